The fraction of sp³-hybridized carbons (Fsp3) is 0.357. The predicted octanol–water partition coefficient (Wildman–Crippen LogP) is 1.52. The van der Waals surface area contributed by atoms with Crippen LogP contribution in [0, 0.1) is 0 Å². The fourth-order valence-electron chi connectivity index (χ4n) is 1.22. The highest BCUT2D eigenvalue weighted by Crippen LogP contribution is 2.12. The van der Waals surface area contributed by atoms with E-state index in [0.29, 0.717) is 11.3 Å². The molecule has 1 unspecified atom stereocenters. The van der Waals surface area contributed by atoms with Gasteiger partial charge in [0.25, 0.3) is 0 Å². The number of carbonyl (C=O) groups is 1. The van der Waals surface area contributed by atoms with Crippen LogP contribution < -0.4 is 4.74 Å². The second-order valence-electron chi connectivity index (χ2n) is 3.83. The van der Waals surface area contributed by atoms with Gasteiger partial charge < -0.3 is 19.3 Å². The summed E-state index contributed by atoms with van der Waals surface area (Å²) in [5, 5.41) is 8.74. The van der Waals surface area contributed by atoms with Gasteiger partial charge in [0.1, 0.15) is 5.75 Å². The highest BCUT2D eigenvalue weighted by atomic mass is 16.7. The normalized spacial score (nSPS) is 11.7. The Morgan fingerprint density at radius 3 is 2.63 bits per heavy atom. The lowest BCUT2D eigenvalue weighted by Gasteiger charge is -2.19. The van der Waals surface area contributed by atoms with Crippen molar-refractivity contribution in [2.75, 3.05) is 19.8 Å². The van der Waals surface area contributed by atoms with E-state index in [1.165, 1.54) is 0 Å². The molecule has 0 aliphatic heterocycles. The number of ether oxygens (including phenoxy) is 3. The van der Waals surface area contributed by atoms with Crippen LogP contribution in [0.4, 0.5) is 0 Å². The van der Waals surface area contributed by atoms with Gasteiger partial charge in [0.2, 0.25) is 6.29 Å². The predicted molar refractivity (Wildman–Crippen MR) is 69.7 cm³/mol. The average molecular weight is 266 g/mol. The minimum atomic E-state index is -0.766. The second kappa shape index (κ2) is 8.29. The monoisotopic (exact) mass is 266 g/mol. The highest BCUT2D eigenvalue weighted by molar-refractivity contribution is 5.86. The lowest BCUT2D eigenvalue weighted by Crippen LogP contribution is -2.29. The summed E-state index contributed by atoms with van der Waals surface area (Å²) in [6, 6.07) is 9.01. The molecule has 5 nitrogen and oxygen atoms in total. The third-order valence-corrected chi connectivity index (χ3v) is 2.10. The summed E-state index contributed by atoms with van der Waals surface area (Å²) in [6.45, 7) is 4.94. The highest BCUT2D eigenvalue weighted by Gasteiger charge is 2.14. The molecule has 0 fully saturated rings. The molecule has 0 spiro atoms. The molecule has 19 heavy (non-hydrogen) atoms. The largest absolute Gasteiger partial charge is 0.461 e. The van der Waals surface area contributed by atoms with E-state index in [-0.39, 0.29) is 19.8 Å². The van der Waals surface area contributed by atoms with Crippen molar-refractivity contribution >= 4 is 5.97 Å². The summed E-state index contributed by atoms with van der Waals surface area (Å²) in [7, 11) is 0. The van der Waals surface area contributed by atoms with Crippen LogP contribution in [0.1, 0.15) is 6.92 Å². The third-order valence-electron chi connectivity index (χ3n) is 2.10. The molecule has 1 aromatic carbocycles. The molecule has 0 aromatic heterocycles. The van der Waals surface area contributed by atoms with Gasteiger partial charge in [0, 0.05) is 5.57 Å². The van der Waals surface area contributed by atoms with E-state index in [1.54, 1.807) is 19.1 Å². The van der Waals surface area contributed by atoms with Crippen molar-refractivity contribution in [3.63, 3.8) is 0 Å². The molecule has 0 aliphatic carbocycles. The molecule has 1 atom stereocenters. The van der Waals surface area contributed by atoms with Gasteiger partial charge in [-0.05, 0) is 19.1 Å². The van der Waals surface area contributed by atoms with E-state index in [9.17, 15) is 4.79 Å². The molecule has 0 saturated heterocycles. The minimum absolute atomic E-state index is 0.0689. The first kappa shape index (κ1) is 15.2. The lowest BCUT2D eigenvalue weighted by atomic mass is 10.3. The smallest absolute Gasteiger partial charge is 0.333 e. The van der Waals surface area contributed by atoms with Crippen molar-refractivity contribution in [1.29, 1.82) is 0 Å². The summed E-state index contributed by atoms with van der Waals surface area (Å²) < 4.78 is 15.7. The molecule has 0 bridgehead atoms. The molecule has 1 aromatic rings. The van der Waals surface area contributed by atoms with E-state index >= 15 is 0 Å². The zero-order valence-corrected chi connectivity index (χ0v) is 10.9. The molecule has 104 valence electrons. The van der Waals surface area contributed by atoms with Gasteiger partial charge >= 0.3 is 5.97 Å². The van der Waals surface area contributed by atoms with Crippen LogP contribution in [0.5, 0.6) is 5.75 Å². The van der Waals surface area contributed by atoms with Crippen LogP contribution in [-0.4, -0.2) is 37.2 Å². The van der Waals surface area contributed by atoms with Crippen molar-refractivity contribution in [3.8, 4) is 5.75 Å². The van der Waals surface area contributed by atoms with Crippen LogP contribution >= 0.6 is 0 Å². The second-order valence-corrected chi connectivity index (χ2v) is 3.83. The number of aliphatic hydroxyl groups excluding tert-OH is 1. The molecular formula is C14H18O5. The molecule has 1 rings (SSSR count). The Hall–Kier alpha value is -1.85. The van der Waals surface area contributed by atoms with E-state index in [4.69, 9.17) is 19.3 Å². The number of para-hydroxylation sites is 1. The van der Waals surface area contributed by atoms with Crippen molar-refractivity contribution < 1.29 is 24.1 Å². The maximum absolute atomic E-state index is 11.3. The summed E-state index contributed by atoms with van der Waals surface area (Å²) in [5.41, 5.74) is 0.306. The average Bonchev–Trinajstić information content (AvgIpc) is 2.42. The van der Waals surface area contributed by atoms with Crippen LogP contribution in [0.2, 0.25) is 0 Å². The molecule has 1 N–H and O–H groups in total. The number of esters is 1. The van der Waals surface area contributed by atoms with E-state index in [2.05, 4.69) is 6.58 Å². The van der Waals surface area contributed by atoms with Crippen molar-refractivity contribution in [2.24, 2.45) is 0 Å². The van der Waals surface area contributed by atoms with Crippen LogP contribution in [-0.2, 0) is 14.3 Å². The van der Waals surface area contributed by atoms with Gasteiger partial charge in [-0.25, -0.2) is 4.79 Å². The number of hydrogen-bond acceptors (Lipinski definition) is 5. The first-order valence-corrected chi connectivity index (χ1v) is 5.90. The lowest BCUT2D eigenvalue weighted by molar-refractivity contribution is -0.157. The first-order chi connectivity index (χ1) is 9.13. The summed E-state index contributed by atoms with van der Waals surface area (Å²) in [6.07, 6.45) is -0.766. The zero-order valence-electron chi connectivity index (χ0n) is 10.9. The van der Waals surface area contributed by atoms with Crippen LogP contribution in [0.25, 0.3) is 0 Å². The number of hydrogen-bond donors (Lipinski definition) is 1. The topological polar surface area (TPSA) is 65.0 Å². The third kappa shape index (κ3) is 6.03. The summed E-state index contributed by atoms with van der Waals surface area (Å²) in [5.74, 6) is 0.0890. The molecule has 0 saturated carbocycles. The van der Waals surface area contributed by atoms with Gasteiger partial charge in [-0.3, -0.25) is 0 Å². The van der Waals surface area contributed by atoms with Gasteiger partial charge in [-0.1, -0.05) is 24.8 Å². The Labute approximate surface area is 112 Å². The van der Waals surface area contributed by atoms with Crippen molar-refractivity contribution in [3.05, 3.63) is 42.5 Å². The standard InChI is InChI=1S/C14H18O5/c1-11(2)14(16)18-10-13(17-9-8-15)19-12-6-4-3-5-7-12/h3-7,13,15H,1,8-10H2,2H3. The van der Waals surface area contributed by atoms with Gasteiger partial charge in [0.15, 0.2) is 6.61 Å². The number of rotatable bonds is 8. The maximum Gasteiger partial charge on any atom is 0.333 e. The van der Waals surface area contributed by atoms with E-state index in [0.717, 1.165) is 0 Å². The van der Waals surface area contributed by atoms with Crippen LogP contribution in [0.15, 0.2) is 42.5 Å². The van der Waals surface area contributed by atoms with E-state index < -0.39 is 12.3 Å². The Bertz CT molecular complexity index is 402. The molecule has 0 radical (unpaired) electrons. The Morgan fingerprint density at radius 1 is 1.37 bits per heavy atom. The Balaban J connectivity index is 2.51. The summed E-state index contributed by atoms with van der Waals surface area (Å²) in [4.78, 5) is 11.3. The maximum atomic E-state index is 11.3. The number of carbonyl (C=O) groups excluding carboxylic acids is 1. The molecule has 0 aliphatic rings. The Morgan fingerprint density at radius 2 is 2.05 bits per heavy atom. The van der Waals surface area contributed by atoms with Crippen LogP contribution in [0.3, 0.4) is 0 Å². The molecule has 5 heteroatoms. The van der Waals surface area contributed by atoms with Crippen molar-refractivity contribution in [2.45, 2.75) is 13.2 Å². The van der Waals surface area contributed by atoms with Crippen molar-refractivity contribution in [1.82, 2.24) is 0 Å². The van der Waals surface area contributed by atoms with E-state index in [1.807, 2.05) is 18.2 Å². The molecular weight excluding hydrogens is 248 g/mol. The Kier molecular flexibility index (Phi) is 6.63. The number of aliphatic hydroxyl groups is 1. The zero-order chi connectivity index (χ0) is 14.1. The molecule has 0 amide bonds. The first-order valence-electron chi connectivity index (χ1n) is 5.90. The fourth-order valence-corrected chi connectivity index (χ4v) is 1.22. The van der Waals surface area contributed by atoms with Gasteiger partial charge in [0.05, 0.1) is 13.2 Å². The van der Waals surface area contributed by atoms with Gasteiger partial charge in [-0.15, -0.1) is 0 Å². The number of benzene rings is 1. The molecule has 0 heterocycles. The minimum Gasteiger partial charge on any atom is -0.461 e. The SMILES string of the molecule is C=C(C)C(=O)OCC(OCCO)Oc1ccccc1. The van der Waals surface area contributed by atoms with Gasteiger partial charge in [-0.2, -0.15) is 0 Å². The summed E-state index contributed by atoms with van der Waals surface area (Å²) >= 11 is 0. The quantitative estimate of drug-likeness (QED) is 0.439.